The van der Waals surface area contributed by atoms with Crippen molar-refractivity contribution in [2.24, 2.45) is 0 Å². The Balaban J connectivity index is 1.58. The van der Waals surface area contributed by atoms with Crippen LogP contribution in [0.5, 0.6) is 0 Å². The first-order valence-corrected chi connectivity index (χ1v) is 18.1. The number of carbonyl (C=O) groups is 2. The fourth-order valence-electron chi connectivity index (χ4n) is 5.80. The van der Waals surface area contributed by atoms with Gasteiger partial charge in [0.25, 0.3) is 10.0 Å². The molecule has 47 heavy (non-hydrogen) atoms. The van der Waals surface area contributed by atoms with Crippen LogP contribution in [0.3, 0.4) is 0 Å². The van der Waals surface area contributed by atoms with Gasteiger partial charge in [0.2, 0.25) is 11.8 Å². The third-order valence-electron chi connectivity index (χ3n) is 8.30. The molecule has 0 bridgehead atoms. The number of carbonyl (C=O) groups excluding carboxylic acids is 2. The second-order valence-electron chi connectivity index (χ2n) is 11.6. The molecule has 7 nitrogen and oxygen atoms in total. The van der Waals surface area contributed by atoms with Crippen LogP contribution in [-0.4, -0.2) is 43.8 Å². The lowest BCUT2D eigenvalue weighted by molar-refractivity contribution is -0.140. The van der Waals surface area contributed by atoms with Gasteiger partial charge in [-0.25, -0.2) is 8.42 Å². The van der Waals surface area contributed by atoms with Crippen LogP contribution in [0.2, 0.25) is 15.1 Å². The third kappa shape index (κ3) is 8.87. The minimum Gasteiger partial charge on any atom is -0.352 e. The van der Waals surface area contributed by atoms with Crippen LogP contribution in [0.25, 0.3) is 0 Å². The van der Waals surface area contributed by atoms with Crippen LogP contribution >= 0.6 is 34.8 Å². The van der Waals surface area contributed by atoms with E-state index in [1.165, 1.54) is 23.1 Å². The molecule has 1 aliphatic carbocycles. The minimum absolute atomic E-state index is 0.00207. The summed E-state index contributed by atoms with van der Waals surface area (Å²) in [5.41, 5.74) is 1.63. The van der Waals surface area contributed by atoms with E-state index in [2.05, 4.69) is 5.32 Å². The SMILES string of the molecule is O=C(NC1CCCCC1)C(Cc1ccccc1)N(Cc1ccc(Cl)cc1)C(=O)CN(c1cccc(Cl)c1Cl)S(=O)(=O)c1ccccc1. The number of benzene rings is 4. The van der Waals surface area contributed by atoms with E-state index in [1.54, 1.807) is 54.6 Å². The Kier molecular flexibility index (Phi) is 11.9. The lowest BCUT2D eigenvalue weighted by Gasteiger charge is -2.35. The number of anilines is 1. The Morgan fingerprint density at radius 1 is 0.766 bits per heavy atom. The van der Waals surface area contributed by atoms with E-state index in [-0.39, 0.29) is 45.5 Å². The number of nitrogens with one attached hydrogen (secondary N) is 1. The zero-order valence-electron chi connectivity index (χ0n) is 25.7. The molecule has 1 atom stereocenters. The molecule has 0 spiro atoms. The highest BCUT2D eigenvalue weighted by molar-refractivity contribution is 7.92. The summed E-state index contributed by atoms with van der Waals surface area (Å²) in [6.45, 7) is -0.596. The van der Waals surface area contributed by atoms with Gasteiger partial charge in [-0.3, -0.25) is 13.9 Å². The smallest absolute Gasteiger partial charge is 0.264 e. The van der Waals surface area contributed by atoms with Crippen molar-refractivity contribution in [2.75, 3.05) is 10.8 Å². The van der Waals surface area contributed by atoms with Gasteiger partial charge < -0.3 is 10.2 Å². The molecule has 0 saturated heterocycles. The Bertz CT molecular complexity index is 1770. The van der Waals surface area contributed by atoms with E-state index in [9.17, 15) is 18.0 Å². The molecule has 0 aliphatic heterocycles. The van der Waals surface area contributed by atoms with Gasteiger partial charge in [0, 0.05) is 24.0 Å². The maximum atomic E-state index is 14.6. The maximum Gasteiger partial charge on any atom is 0.264 e. The van der Waals surface area contributed by atoms with Crippen molar-refractivity contribution in [1.29, 1.82) is 0 Å². The molecule has 4 aromatic carbocycles. The molecule has 5 rings (SSSR count). The largest absolute Gasteiger partial charge is 0.352 e. The van der Waals surface area contributed by atoms with Crippen LogP contribution in [-0.2, 0) is 32.6 Å². The van der Waals surface area contributed by atoms with Crippen LogP contribution in [0.1, 0.15) is 43.2 Å². The zero-order valence-corrected chi connectivity index (χ0v) is 28.8. The first kappa shape index (κ1) is 34.8. The van der Waals surface area contributed by atoms with Crippen molar-refractivity contribution in [2.45, 2.75) is 62.0 Å². The first-order valence-electron chi connectivity index (χ1n) is 15.5. The van der Waals surface area contributed by atoms with Crippen molar-refractivity contribution < 1.29 is 18.0 Å². The van der Waals surface area contributed by atoms with Gasteiger partial charge in [0.15, 0.2) is 0 Å². The number of sulfonamides is 1. The van der Waals surface area contributed by atoms with Gasteiger partial charge in [-0.1, -0.05) is 121 Å². The summed E-state index contributed by atoms with van der Waals surface area (Å²) in [7, 11) is -4.30. The summed E-state index contributed by atoms with van der Waals surface area (Å²) in [5.74, 6) is -0.878. The molecule has 4 aromatic rings. The molecule has 11 heteroatoms. The summed E-state index contributed by atoms with van der Waals surface area (Å²) in [6, 6.07) is 27.9. The van der Waals surface area contributed by atoms with Gasteiger partial charge in [0.05, 0.1) is 20.6 Å². The predicted octanol–water partition coefficient (Wildman–Crippen LogP) is 7.93. The van der Waals surface area contributed by atoms with E-state index >= 15 is 0 Å². The van der Waals surface area contributed by atoms with E-state index in [4.69, 9.17) is 34.8 Å². The van der Waals surface area contributed by atoms with Crippen LogP contribution < -0.4 is 9.62 Å². The molecule has 1 fully saturated rings. The molecule has 1 unspecified atom stereocenters. The second kappa shape index (κ2) is 16.0. The predicted molar refractivity (Wildman–Crippen MR) is 188 cm³/mol. The van der Waals surface area contributed by atoms with Gasteiger partial charge in [0.1, 0.15) is 12.6 Å². The fraction of sp³-hybridized carbons (Fsp3) is 0.278. The fourth-order valence-corrected chi connectivity index (χ4v) is 7.82. The number of halogens is 3. The molecule has 1 saturated carbocycles. The summed E-state index contributed by atoms with van der Waals surface area (Å²) in [6.07, 6.45) is 5.13. The minimum atomic E-state index is -4.30. The number of rotatable bonds is 12. The summed E-state index contributed by atoms with van der Waals surface area (Å²) in [5, 5.41) is 3.85. The van der Waals surface area contributed by atoms with Gasteiger partial charge in [-0.05, 0) is 60.4 Å². The average Bonchev–Trinajstić information content (AvgIpc) is 3.08. The number of amides is 2. The standard InChI is InChI=1S/C36H36Cl3N3O4S/c37-28-21-19-27(20-22-28)24-41(33(23-26-11-4-1-5-12-26)36(44)40-29-13-6-2-7-14-29)34(43)25-42(32-18-10-17-31(38)35(32)39)47(45,46)30-15-8-3-9-16-30/h1,3-5,8-12,15-22,29,33H,2,6-7,13-14,23-25H2,(H,40,44). The van der Waals surface area contributed by atoms with E-state index in [0.717, 1.165) is 47.5 Å². The Labute approximate surface area is 291 Å². The van der Waals surface area contributed by atoms with Crippen molar-refractivity contribution in [1.82, 2.24) is 10.2 Å². The zero-order chi connectivity index (χ0) is 33.4. The van der Waals surface area contributed by atoms with Crippen LogP contribution in [0.15, 0.2) is 108 Å². The van der Waals surface area contributed by atoms with E-state index < -0.39 is 28.5 Å². The van der Waals surface area contributed by atoms with Gasteiger partial charge in [-0.15, -0.1) is 0 Å². The third-order valence-corrected chi connectivity index (χ3v) is 11.1. The van der Waals surface area contributed by atoms with Crippen molar-refractivity contribution >= 4 is 62.3 Å². The molecule has 2 amide bonds. The summed E-state index contributed by atoms with van der Waals surface area (Å²) in [4.78, 5) is 30.3. The number of hydrogen-bond donors (Lipinski definition) is 1. The summed E-state index contributed by atoms with van der Waals surface area (Å²) < 4.78 is 29.3. The van der Waals surface area contributed by atoms with Crippen molar-refractivity contribution in [3.05, 3.63) is 129 Å². The summed E-state index contributed by atoms with van der Waals surface area (Å²) >= 11 is 19.1. The number of hydrogen-bond acceptors (Lipinski definition) is 4. The Morgan fingerprint density at radius 2 is 1.40 bits per heavy atom. The maximum absolute atomic E-state index is 14.6. The van der Waals surface area contributed by atoms with Crippen LogP contribution in [0.4, 0.5) is 5.69 Å². The molecular formula is C36H36Cl3N3O4S. The average molecular weight is 713 g/mol. The molecule has 0 heterocycles. The lowest BCUT2D eigenvalue weighted by atomic mass is 9.94. The van der Waals surface area contributed by atoms with Gasteiger partial charge >= 0.3 is 0 Å². The molecule has 246 valence electrons. The van der Waals surface area contributed by atoms with Crippen LogP contribution in [0, 0.1) is 0 Å². The highest BCUT2D eigenvalue weighted by atomic mass is 35.5. The van der Waals surface area contributed by atoms with Crippen molar-refractivity contribution in [3.63, 3.8) is 0 Å². The number of nitrogens with zero attached hydrogens (tertiary/aromatic N) is 2. The molecule has 1 aliphatic rings. The quantitative estimate of drug-likeness (QED) is 0.162. The molecular weight excluding hydrogens is 677 g/mol. The topological polar surface area (TPSA) is 86.8 Å². The van der Waals surface area contributed by atoms with Gasteiger partial charge in [-0.2, -0.15) is 0 Å². The molecule has 1 N–H and O–H groups in total. The molecule has 0 aromatic heterocycles. The highest BCUT2D eigenvalue weighted by Gasteiger charge is 2.36. The van der Waals surface area contributed by atoms with E-state index in [1.807, 2.05) is 30.3 Å². The molecule has 0 radical (unpaired) electrons. The Hall–Kier alpha value is -3.56. The highest BCUT2D eigenvalue weighted by Crippen LogP contribution is 2.35. The lowest BCUT2D eigenvalue weighted by Crippen LogP contribution is -2.55. The monoisotopic (exact) mass is 711 g/mol. The second-order valence-corrected chi connectivity index (χ2v) is 14.7. The normalized spacial score (nSPS) is 14.3. The Morgan fingerprint density at radius 3 is 2.06 bits per heavy atom. The first-order chi connectivity index (χ1) is 22.6. The van der Waals surface area contributed by atoms with Crippen molar-refractivity contribution in [3.8, 4) is 0 Å². The van der Waals surface area contributed by atoms with E-state index in [0.29, 0.717) is 5.02 Å².